The van der Waals surface area contributed by atoms with E-state index in [0.717, 1.165) is 19.2 Å². The maximum absolute atomic E-state index is 13.9. The third-order valence-corrected chi connectivity index (χ3v) is 5.18. The number of hydrogen-bond acceptors (Lipinski definition) is 2. The molecule has 0 unspecified atom stereocenters. The van der Waals surface area contributed by atoms with E-state index in [1.165, 1.54) is 31.7 Å². The van der Waals surface area contributed by atoms with E-state index in [-0.39, 0.29) is 11.1 Å². The minimum absolute atomic E-state index is 0.0192. The van der Waals surface area contributed by atoms with Crippen LogP contribution in [0.15, 0.2) is 18.2 Å². The van der Waals surface area contributed by atoms with Gasteiger partial charge < -0.3 is 5.32 Å². The van der Waals surface area contributed by atoms with Gasteiger partial charge >= 0.3 is 0 Å². The van der Waals surface area contributed by atoms with Crippen molar-refractivity contribution in [2.24, 2.45) is 0 Å². The van der Waals surface area contributed by atoms with Crippen LogP contribution in [-0.2, 0) is 6.54 Å². The second kappa shape index (κ2) is 5.33. The first kappa shape index (κ1) is 14.9. The third kappa shape index (κ3) is 2.97. The van der Waals surface area contributed by atoms with Gasteiger partial charge in [-0.2, -0.15) is 0 Å². The summed E-state index contributed by atoms with van der Waals surface area (Å²) in [5, 5.41) is 3.73. The highest BCUT2D eigenvalue weighted by molar-refractivity contribution is 5.19. The topological polar surface area (TPSA) is 15.3 Å². The van der Waals surface area contributed by atoms with Crippen molar-refractivity contribution < 1.29 is 8.78 Å². The largest absolute Gasteiger partial charge is 0.308 e. The number of benzene rings is 1. The molecule has 2 fully saturated rings. The van der Waals surface area contributed by atoms with E-state index in [0.29, 0.717) is 12.1 Å². The summed E-state index contributed by atoms with van der Waals surface area (Å²) in [7, 11) is 0. The van der Waals surface area contributed by atoms with Gasteiger partial charge in [0.15, 0.2) is 0 Å². The van der Waals surface area contributed by atoms with Crippen LogP contribution in [0.5, 0.6) is 0 Å². The molecule has 1 aliphatic heterocycles. The molecule has 21 heavy (non-hydrogen) atoms. The molecule has 0 amide bonds. The first-order valence-electron chi connectivity index (χ1n) is 7.84. The third-order valence-electron chi connectivity index (χ3n) is 5.18. The minimum atomic E-state index is -0.511. The zero-order chi connectivity index (χ0) is 15.1. The molecule has 116 valence electrons. The van der Waals surface area contributed by atoms with Gasteiger partial charge in [-0.25, -0.2) is 8.78 Å². The molecule has 1 N–H and O–H groups in total. The van der Waals surface area contributed by atoms with Gasteiger partial charge in [0.25, 0.3) is 0 Å². The Balaban J connectivity index is 1.80. The fraction of sp³-hybridized carbons (Fsp3) is 0.647. The molecule has 1 aliphatic carbocycles. The lowest BCUT2D eigenvalue weighted by atomic mass is 9.87. The van der Waals surface area contributed by atoms with Crippen molar-refractivity contribution in [3.05, 3.63) is 35.4 Å². The van der Waals surface area contributed by atoms with Gasteiger partial charge in [0, 0.05) is 42.3 Å². The number of halogens is 2. The predicted octanol–water partition coefficient (Wildman–Crippen LogP) is 3.46. The molecule has 1 heterocycles. The van der Waals surface area contributed by atoms with E-state index in [9.17, 15) is 8.78 Å². The summed E-state index contributed by atoms with van der Waals surface area (Å²) in [5.74, 6) is -0.951. The van der Waals surface area contributed by atoms with Crippen molar-refractivity contribution >= 4 is 0 Å². The van der Waals surface area contributed by atoms with E-state index in [2.05, 4.69) is 24.1 Å². The van der Waals surface area contributed by atoms with Gasteiger partial charge in [-0.15, -0.1) is 0 Å². The molecule has 3 rings (SSSR count). The molecule has 1 aromatic carbocycles. The fourth-order valence-electron chi connectivity index (χ4n) is 3.66. The summed E-state index contributed by atoms with van der Waals surface area (Å²) in [5.41, 5.74) is 0.764. The van der Waals surface area contributed by atoms with Crippen molar-refractivity contribution in [3.63, 3.8) is 0 Å². The SMILES string of the molecule is CC1(C)CNC2(CCCC2)CN1Cc1ccc(F)cc1F. The summed E-state index contributed by atoms with van der Waals surface area (Å²) in [6.07, 6.45) is 4.94. The average Bonchev–Trinajstić information content (AvgIpc) is 2.86. The second-order valence-electron chi connectivity index (χ2n) is 7.25. The molecule has 1 saturated heterocycles. The van der Waals surface area contributed by atoms with Crippen molar-refractivity contribution in [2.45, 2.75) is 57.2 Å². The van der Waals surface area contributed by atoms with Crippen LogP contribution in [0.3, 0.4) is 0 Å². The Morgan fingerprint density at radius 2 is 1.90 bits per heavy atom. The van der Waals surface area contributed by atoms with E-state index < -0.39 is 11.6 Å². The van der Waals surface area contributed by atoms with Crippen LogP contribution in [0.1, 0.15) is 45.1 Å². The molecule has 1 aromatic rings. The maximum Gasteiger partial charge on any atom is 0.130 e. The van der Waals surface area contributed by atoms with Crippen LogP contribution in [0.2, 0.25) is 0 Å². The Morgan fingerprint density at radius 3 is 2.57 bits per heavy atom. The number of piperazine rings is 1. The Morgan fingerprint density at radius 1 is 1.19 bits per heavy atom. The average molecular weight is 294 g/mol. The normalized spacial score (nSPS) is 24.6. The van der Waals surface area contributed by atoms with Crippen molar-refractivity contribution in [3.8, 4) is 0 Å². The van der Waals surface area contributed by atoms with Crippen LogP contribution in [0, 0.1) is 11.6 Å². The van der Waals surface area contributed by atoms with E-state index in [4.69, 9.17) is 0 Å². The quantitative estimate of drug-likeness (QED) is 0.898. The Labute approximate surface area is 125 Å². The lowest BCUT2D eigenvalue weighted by molar-refractivity contribution is 0.0209. The fourth-order valence-corrected chi connectivity index (χ4v) is 3.66. The molecule has 1 spiro atoms. The molecular formula is C17H24F2N2. The number of hydrogen-bond donors (Lipinski definition) is 1. The summed E-state index contributed by atoms with van der Waals surface area (Å²) in [6, 6.07) is 3.90. The van der Waals surface area contributed by atoms with Gasteiger partial charge in [-0.1, -0.05) is 18.9 Å². The standard InChI is InChI=1S/C17H24F2N2/c1-16(2)11-20-17(7-3-4-8-17)12-21(16)10-13-5-6-14(18)9-15(13)19/h5-6,9,20H,3-4,7-8,10-12H2,1-2H3. The van der Waals surface area contributed by atoms with Crippen molar-refractivity contribution in [2.75, 3.05) is 13.1 Å². The summed E-state index contributed by atoms with van der Waals surface area (Å²) >= 11 is 0. The lowest BCUT2D eigenvalue weighted by Crippen LogP contribution is -2.66. The lowest BCUT2D eigenvalue weighted by Gasteiger charge is -2.51. The Hall–Kier alpha value is -1.00. The highest BCUT2D eigenvalue weighted by Gasteiger charge is 2.44. The Kier molecular flexibility index (Phi) is 3.78. The zero-order valence-electron chi connectivity index (χ0n) is 12.9. The molecule has 4 heteroatoms. The smallest absolute Gasteiger partial charge is 0.130 e. The molecule has 0 atom stereocenters. The molecule has 2 aliphatic rings. The highest BCUT2D eigenvalue weighted by atomic mass is 19.1. The first-order chi connectivity index (χ1) is 9.90. The monoisotopic (exact) mass is 294 g/mol. The highest BCUT2D eigenvalue weighted by Crippen LogP contribution is 2.36. The van der Waals surface area contributed by atoms with Crippen LogP contribution in [0.4, 0.5) is 8.78 Å². The summed E-state index contributed by atoms with van der Waals surface area (Å²) < 4.78 is 27.0. The van der Waals surface area contributed by atoms with Gasteiger partial charge in [0.1, 0.15) is 11.6 Å². The summed E-state index contributed by atoms with van der Waals surface area (Å²) in [6.45, 7) is 6.77. The van der Waals surface area contributed by atoms with E-state index in [1.54, 1.807) is 6.07 Å². The molecular weight excluding hydrogens is 270 g/mol. The molecule has 1 saturated carbocycles. The zero-order valence-corrected chi connectivity index (χ0v) is 12.9. The minimum Gasteiger partial charge on any atom is -0.308 e. The van der Waals surface area contributed by atoms with Gasteiger partial charge in [0.05, 0.1) is 0 Å². The van der Waals surface area contributed by atoms with Crippen LogP contribution < -0.4 is 5.32 Å². The van der Waals surface area contributed by atoms with Crippen LogP contribution >= 0.6 is 0 Å². The van der Waals surface area contributed by atoms with Gasteiger partial charge in [-0.3, -0.25) is 4.90 Å². The summed E-state index contributed by atoms with van der Waals surface area (Å²) in [4.78, 5) is 2.35. The maximum atomic E-state index is 13.9. The number of nitrogens with zero attached hydrogens (tertiary/aromatic N) is 1. The van der Waals surface area contributed by atoms with Gasteiger partial charge in [-0.05, 0) is 32.8 Å². The van der Waals surface area contributed by atoms with Crippen LogP contribution in [0.25, 0.3) is 0 Å². The molecule has 0 radical (unpaired) electrons. The first-order valence-corrected chi connectivity index (χ1v) is 7.84. The van der Waals surface area contributed by atoms with Crippen molar-refractivity contribution in [1.82, 2.24) is 10.2 Å². The second-order valence-corrected chi connectivity index (χ2v) is 7.25. The van der Waals surface area contributed by atoms with E-state index >= 15 is 0 Å². The number of nitrogens with one attached hydrogen (secondary N) is 1. The molecule has 2 nitrogen and oxygen atoms in total. The number of rotatable bonds is 2. The van der Waals surface area contributed by atoms with E-state index in [1.807, 2.05) is 0 Å². The predicted molar refractivity (Wildman–Crippen MR) is 80.0 cm³/mol. The van der Waals surface area contributed by atoms with Crippen molar-refractivity contribution in [1.29, 1.82) is 0 Å². The van der Waals surface area contributed by atoms with Crippen LogP contribution in [-0.4, -0.2) is 29.1 Å². The molecule has 0 aromatic heterocycles. The molecule has 0 bridgehead atoms. The van der Waals surface area contributed by atoms with Gasteiger partial charge in [0.2, 0.25) is 0 Å². The Bertz CT molecular complexity index is 522.